The first-order chi connectivity index (χ1) is 22.1. The molecule has 0 bridgehead atoms. The van der Waals surface area contributed by atoms with E-state index in [0.29, 0.717) is 23.5 Å². The third-order valence-electron chi connectivity index (χ3n) is 9.47. The van der Waals surface area contributed by atoms with Gasteiger partial charge in [-0.25, -0.2) is 13.2 Å². The normalized spacial score (nSPS) is 25.0. The average Bonchev–Trinajstić information content (AvgIpc) is 3.32. The van der Waals surface area contributed by atoms with Gasteiger partial charge in [0.15, 0.2) is 5.83 Å². The van der Waals surface area contributed by atoms with Crippen molar-refractivity contribution in [1.82, 2.24) is 19.8 Å². The number of nitrogen functional groups attached to an aromatic ring is 1. The predicted octanol–water partition coefficient (Wildman–Crippen LogP) is 5.23. The van der Waals surface area contributed by atoms with Gasteiger partial charge in [0.1, 0.15) is 24.5 Å². The van der Waals surface area contributed by atoms with Crippen LogP contribution in [0.2, 0.25) is 0 Å². The van der Waals surface area contributed by atoms with Crippen LogP contribution in [0.25, 0.3) is 0 Å². The lowest BCUT2D eigenvalue weighted by atomic mass is 9.73. The topological polar surface area (TPSA) is 112 Å². The summed E-state index contributed by atoms with van der Waals surface area (Å²) in [6, 6.07) is 2.09. The van der Waals surface area contributed by atoms with Gasteiger partial charge in [0.2, 0.25) is 0 Å². The summed E-state index contributed by atoms with van der Waals surface area (Å²) in [4.78, 5) is 26.6. The van der Waals surface area contributed by atoms with Crippen LogP contribution in [0.4, 0.5) is 37.8 Å². The molecule has 3 heterocycles. The van der Waals surface area contributed by atoms with E-state index in [0.717, 1.165) is 6.07 Å². The van der Waals surface area contributed by atoms with Gasteiger partial charge in [-0.05, 0) is 56.6 Å². The number of nitrogens with zero attached hydrogens (tertiary/aromatic N) is 6. The van der Waals surface area contributed by atoms with Gasteiger partial charge in [0, 0.05) is 43.3 Å². The minimum Gasteiger partial charge on any atom is -0.447 e. The number of alkyl halides is 4. The van der Waals surface area contributed by atoms with Crippen LogP contribution in [0.5, 0.6) is 6.01 Å². The van der Waals surface area contributed by atoms with E-state index in [2.05, 4.69) is 16.5 Å². The second-order valence-electron chi connectivity index (χ2n) is 12.7. The Morgan fingerprint density at radius 3 is 2.55 bits per heavy atom. The van der Waals surface area contributed by atoms with Gasteiger partial charge >= 0.3 is 12.2 Å². The molecule has 2 fully saturated rings. The van der Waals surface area contributed by atoms with Crippen molar-refractivity contribution in [2.24, 2.45) is 5.92 Å². The van der Waals surface area contributed by atoms with Crippen LogP contribution in [0.3, 0.4) is 0 Å². The van der Waals surface area contributed by atoms with Crippen molar-refractivity contribution in [2.45, 2.75) is 76.8 Å². The Bertz CT molecular complexity index is 1600. The van der Waals surface area contributed by atoms with Crippen LogP contribution in [0, 0.1) is 30.0 Å². The van der Waals surface area contributed by atoms with Crippen LogP contribution >= 0.6 is 0 Å². The van der Waals surface area contributed by atoms with Crippen molar-refractivity contribution in [1.29, 1.82) is 5.26 Å². The second-order valence-corrected chi connectivity index (χ2v) is 12.7. The number of hydrogen-bond donors (Lipinski definition) is 1. The zero-order valence-electron chi connectivity index (χ0n) is 26.4. The maximum Gasteiger partial charge on any atom is 0.417 e. The van der Waals surface area contributed by atoms with E-state index in [9.17, 15) is 32.0 Å². The van der Waals surface area contributed by atoms with Crippen LogP contribution in [-0.4, -0.2) is 76.8 Å². The number of carbonyl (C=O) groups excluding carboxylic acids is 1. The number of benzene rings is 1. The molecule has 254 valence electrons. The molecule has 1 aliphatic carbocycles. The Morgan fingerprint density at radius 2 is 1.94 bits per heavy atom. The number of aryl methyl sites for hydroxylation is 1. The summed E-state index contributed by atoms with van der Waals surface area (Å²) in [5.74, 6) is -4.24. The molecule has 3 aliphatic rings. The fraction of sp³-hybridized carbons (Fsp3) is 0.562. The van der Waals surface area contributed by atoms with Gasteiger partial charge in [0.25, 0.3) is 5.91 Å². The molecule has 15 heteroatoms. The Hall–Kier alpha value is -4.06. The van der Waals surface area contributed by atoms with E-state index in [1.165, 1.54) is 11.8 Å². The van der Waals surface area contributed by atoms with Crippen molar-refractivity contribution >= 4 is 17.4 Å². The molecule has 5 rings (SSSR count). The number of carbonyl (C=O) groups is 1. The molecule has 2 N–H and O–H groups in total. The van der Waals surface area contributed by atoms with Crippen molar-refractivity contribution in [3.8, 4) is 12.1 Å². The lowest BCUT2D eigenvalue weighted by Gasteiger charge is -2.42. The first-order valence-corrected chi connectivity index (χ1v) is 15.4. The van der Waals surface area contributed by atoms with Crippen LogP contribution in [0.15, 0.2) is 18.5 Å². The minimum atomic E-state index is -4.84. The van der Waals surface area contributed by atoms with E-state index in [-0.39, 0.29) is 75.5 Å². The fourth-order valence-electron chi connectivity index (χ4n) is 7.13. The summed E-state index contributed by atoms with van der Waals surface area (Å²) in [7, 11) is 0. The quantitative estimate of drug-likeness (QED) is 0.243. The highest BCUT2D eigenvalue weighted by Gasteiger charge is 2.43. The van der Waals surface area contributed by atoms with Crippen molar-refractivity contribution in [3.63, 3.8) is 0 Å². The third-order valence-corrected chi connectivity index (χ3v) is 9.47. The van der Waals surface area contributed by atoms with Crippen molar-refractivity contribution in [3.05, 3.63) is 52.2 Å². The number of fused-ring (bicyclic) bond motifs is 1. The minimum absolute atomic E-state index is 0.0428. The molecule has 0 saturated carbocycles. The molecule has 47 heavy (non-hydrogen) atoms. The molecular weight excluding hydrogens is 628 g/mol. The van der Waals surface area contributed by atoms with Gasteiger partial charge in [-0.2, -0.15) is 28.4 Å². The highest BCUT2D eigenvalue weighted by Crippen LogP contribution is 2.47. The lowest BCUT2D eigenvalue weighted by Crippen LogP contribution is -2.55. The highest BCUT2D eigenvalue weighted by molar-refractivity contribution is 5.91. The number of aromatic nitrogens is 2. The van der Waals surface area contributed by atoms with E-state index in [1.807, 2.05) is 17.9 Å². The summed E-state index contributed by atoms with van der Waals surface area (Å²) >= 11 is 0. The molecule has 2 saturated heterocycles. The zero-order chi connectivity index (χ0) is 34.4. The second kappa shape index (κ2) is 13.2. The van der Waals surface area contributed by atoms with Gasteiger partial charge in [-0.3, -0.25) is 9.69 Å². The number of rotatable bonds is 7. The summed E-state index contributed by atoms with van der Waals surface area (Å²) in [5.41, 5.74) is 4.65. The van der Waals surface area contributed by atoms with E-state index in [4.69, 9.17) is 10.5 Å². The predicted molar refractivity (Wildman–Crippen MR) is 161 cm³/mol. The number of halogens is 6. The SMILES string of the molecule is C=C(F)C(=O)N1CCN(c2nc(OCN3C[C@H](F)C[C@@H]3C)nc3c2C[C@@H](C)[C@H](c2c(F)c(N)cc(C)c2C(F)(F)F)C3)C[C@@H]1CC#N. The molecule has 0 spiro atoms. The molecule has 2 aliphatic heterocycles. The standard InChI is InChI=1S/C32H37F6N7O2/c1-16-9-23-25(12-22(16)26-27(32(36,37)38)17(2)10-24(40)28(26)35)41-31(47-15-44-13-20(34)11-18(44)3)42-29(23)43-7-8-45(30(46)19(4)33)21(14-43)5-6-39/h10,16,18,20-22H,4-5,7-9,11-15,40H2,1-3H3/t16-,18+,20-,21+,22-/m1/s1. The largest absolute Gasteiger partial charge is 0.447 e. The summed E-state index contributed by atoms with van der Waals surface area (Å²) < 4.78 is 92.4. The maximum atomic E-state index is 15.6. The number of nitriles is 1. The van der Waals surface area contributed by atoms with Gasteiger partial charge < -0.3 is 20.3 Å². The summed E-state index contributed by atoms with van der Waals surface area (Å²) in [6.45, 7) is 8.37. The Kier molecular flexibility index (Phi) is 9.64. The number of ether oxygens (including phenoxy) is 1. The lowest BCUT2D eigenvalue weighted by molar-refractivity contribution is -0.139. The smallest absolute Gasteiger partial charge is 0.417 e. The zero-order valence-corrected chi connectivity index (χ0v) is 26.4. The molecule has 1 aromatic carbocycles. The van der Waals surface area contributed by atoms with E-state index >= 15 is 4.39 Å². The van der Waals surface area contributed by atoms with Crippen molar-refractivity contribution < 1.29 is 35.9 Å². The number of hydrogen-bond acceptors (Lipinski definition) is 8. The molecule has 1 amide bonds. The third kappa shape index (κ3) is 6.83. The molecule has 5 atom stereocenters. The van der Waals surface area contributed by atoms with E-state index < -0.39 is 58.9 Å². The van der Waals surface area contributed by atoms with Crippen LogP contribution in [0.1, 0.15) is 60.6 Å². The Morgan fingerprint density at radius 1 is 1.21 bits per heavy atom. The van der Waals surface area contributed by atoms with E-state index in [1.54, 1.807) is 11.8 Å². The molecule has 0 radical (unpaired) electrons. The maximum absolute atomic E-state index is 15.6. The number of anilines is 2. The summed E-state index contributed by atoms with van der Waals surface area (Å²) in [5, 5.41) is 9.46. The first-order valence-electron chi connectivity index (χ1n) is 15.4. The molecule has 9 nitrogen and oxygen atoms in total. The number of piperazine rings is 1. The van der Waals surface area contributed by atoms with Gasteiger partial charge in [-0.1, -0.05) is 13.5 Å². The average molecular weight is 666 g/mol. The molecular formula is C32H37F6N7O2. The highest BCUT2D eigenvalue weighted by atomic mass is 19.4. The number of likely N-dealkylation sites (tertiary alicyclic amines) is 1. The summed E-state index contributed by atoms with van der Waals surface area (Å²) in [6.07, 6.45) is -5.53. The van der Waals surface area contributed by atoms with Gasteiger partial charge in [-0.15, -0.1) is 0 Å². The molecule has 2 aromatic rings. The monoisotopic (exact) mass is 665 g/mol. The number of nitrogens with two attached hydrogens (primary N) is 1. The molecule has 1 aromatic heterocycles. The van der Waals surface area contributed by atoms with Crippen molar-refractivity contribution in [2.75, 3.05) is 43.5 Å². The number of amides is 1. The fourth-order valence-corrected chi connectivity index (χ4v) is 7.13. The van der Waals surface area contributed by atoms with Crippen LogP contribution in [-0.2, 0) is 23.8 Å². The van der Waals surface area contributed by atoms with Crippen LogP contribution < -0.4 is 15.4 Å². The Balaban J connectivity index is 1.56. The van der Waals surface area contributed by atoms with Gasteiger partial charge in [0.05, 0.1) is 35.5 Å². The Labute approximate surface area is 269 Å². The first kappa shape index (κ1) is 34.3. The molecule has 0 unspecified atom stereocenters.